The van der Waals surface area contributed by atoms with Crippen molar-refractivity contribution in [2.24, 2.45) is 0 Å². The Balaban J connectivity index is 0.00000308. The summed E-state index contributed by atoms with van der Waals surface area (Å²) in [6.45, 7) is 0.609. The molecule has 200 valence electrons. The van der Waals surface area contributed by atoms with E-state index in [0.717, 1.165) is 22.3 Å². The lowest BCUT2D eigenvalue weighted by Crippen LogP contribution is -3.00. The van der Waals surface area contributed by atoms with Gasteiger partial charge in [0.05, 0.1) is 31.4 Å². The first-order valence-corrected chi connectivity index (χ1v) is 12.6. The smallest absolute Gasteiger partial charge is 0.254 e. The molecule has 0 N–H and O–H groups in total. The lowest BCUT2D eigenvalue weighted by molar-refractivity contribution is -0.688. The van der Waals surface area contributed by atoms with Gasteiger partial charge in [-0.2, -0.15) is 0 Å². The van der Waals surface area contributed by atoms with E-state index in [-0.39, 0.29) is 41.0 Å². The number of carbonyl (C=O) groups excluding carboxylic acids is 1. The van der Waals surface area contributed by atoms with Crippen LogP contribution >= 0.6 is 0 Å². The molecule has 0 radical (unpaired) electrons. The van der Waals surface area contributed by atoms with Gasteiger partial charge in [-0.25, -0.2) is 13.3 Å². The highest BCUT2D eigenvalue weighted by Gasteiger charge is 2.39. The average Bonchev–Trinajstić information content (AvgIpc) is 2.95. The number of ether oxygens (including phenoxy) is 2. The second-order valence-electron chi connectivity index (χ2n) is 9.64. The van der Waals surface area contributed by atoms with Crippen LogP contribution in [-0.2, 0) is 19.4 Å². The summed E-state index contributed by atoms with van der Waals surface area (Å²) in [5, 5.41) is 0. The molecule has 5 nitrogen and oxygen atoms in total. The fourth-order valence-corrected chi connectivity index (χ4v) is 5.81. The lowest BCUT2D eigenvalue weighted by atomic mass is 9.76. The molecule has 8 heteroatoms. The highest BCUT2D eigenvalue weighted by molar-refractivity contribution is 5.95. The Morgan fingerprint density at radius 2 is 1.69 bits per heavy atom. The first-order valence-electron chi connectivity index (χ1n) is 12.6. The minimum absolute atomic E-state index is 0. The van der Waals surface area contributed by atoms with Crippen molar-refractivity contribution in [3.8, 4) is 22.6 Å². The van der Waals surface area contributed by atoms with Gasteiger partial charge in [0.25, 0.3) is 5.91 Å². The fraction of sp³-hybridized carbons (Fsp3) is 0.226. The molecule has 0 bridgehead atoms. The van der Waals surface area contributed by atoms with E-state index in [1.54, 1.807) is 43.3 Å². The van der Waals surface area contributed by atoms with E-state index in [1.807, 2.05) is 23.1 Å². The predicted octanol–water partition coefficient (Wildman–Crippen LogP) is 2.28. The van der Waals surface area contributed by atoms with Gasteiger partial charge in [-0.1, -0.05) is 30.3 Å². The minimum Gasteiger partial charge on any atom is -1.00 e. The van der Waals surface area contributed by atoms with Crippen LogP contribution in [0.1, 0.15) is 38.7 Å². The van der Waals surface area contributed by atoms with Gasteiger partial charge in [0.2, 0.25) is 0 Å². The molecule has 1 aromatic heterocycles. The fourth-order valence-electron chi connectivity index (χ4n) is 5.81. The molecule has 1 aliphatic heterocycles. The molecule has 1 atom stereocenters. The largest absolute Gasteiger partial charge is 1.00 e. The monoisotopic (exact) mass is 592 g/mol. The van der Waals surface area contributed by atoms with Crippen LogP contribution in [0.3, 0.4) is 0 Å². The van der Waals surface area contributed by atoms with Crippen LogP contribution in [0, 0.1) is 11.6 Å². The van der Waals surface area contributed by atoms with Gasteiger partial charge in [0, 0.05) is 24.2 Å². The van der Waals surface area contributed by atoms with Crippen LogP contribution < -0.4 is 31.0 Å². The quantitative estimate of drug-likeness (QED) is 0.334. The van der Waals surface area contributed by atoms with Crippen LogP contribution in [0.2, 0.25) is 0 Å². The summed E-state index contributed by atoms with van der Waals surface area (Å²) in [6, 6.07) is 17.4. The normalized spacial score (nSPS) is 15.1. The topological polar surface area (TPSA) is 42.7 Å². The highest BCUT2D eigenvalue weighted by atomic mass is 79.9. The summed E-state index contributed by atoms with van der Waals surface area (Å²) < 4.78 is 41.4. The van der Waals surface area contributed by atoms with E-state index in [4.69, 9.17) is 9.47 Å². The second kappa shape index (κ2) is 10.8. The zero-order valence-corrected chi connectivity index (χ0v) is 23.2. The number of amides is 1. The Kier molecular flexibility index (Phi) is 7.40. The molecule has 0 spiro atoms. The molecular weight excluding hydrogens is 566 g/mol. The second-order valence-corrected chi connectivity index (χ2v) is 9.64. The van der Waals surface area contributed by atoms with Gasteiger partial charge >= 0.3 is 0 Å². The Hall–Kier alpha value is -3.78. The van der Waals surface area contributed by atoms with Crippen molar-refractivity contribution in [1.29, 1.82) is 0 Å². The van der Waals surface area contributed by atoms with E-state index >= 15 is 0 Å². The summed E-state index contributed by atoms with van der Waals surface area (Å²) in [6.07, 6.45) is 4.78. The first-order chi connectivity index (χ1) is 18.5. The number of pyridine rings is 1. The van der Waals surface area contributed by atoms with Crippen LogP contribution in [0.4, 0.5) is 8.78 Å². The third kappa shape index (κ3) is 4.56. The summed E-state index contributed by atoms with van der Waals surface area (Å²) >= 11 is 0. The number of benzene rings is 3. The van der Waals surface area contributed by atoms with Crippen molar-refractivity contribution in [3.63, 3.8) is 0 Å². The van der Waals surface area contributed by atoms with Gasteiger partial charge in [0.1, 0.15) is 11.6 Å². The van der Waals surface area contributed by atoms with Crippen LogP contribution in [-0.4, -0.2) is 31.6 Å². The van der Waals surface area contributed by atoms with Gasteiger partial charge in [-0.15, -0.1) is 0 Å². The van der Waals surface area contributed by atoms with Crippen molar-refractivity contribution in [3.05, 3.63) is 113 Å². The number of hydrogen-bond acceptors (Lipinski definition) is 3. The number of hydrogen-bond donors (Lipinski definition) is 0. The SMILES string of the molecule is COc1cc2c3c(c1OC)-c1ccccc1CC3N(C(=O)c1cc[n+](Cc3c(F)cccc3F)cc1)CC2.[Br-]. The van der Waals surface area contributed by atoms with Gasteiger partial charge in [-0.05, 0) is 53.3 Å². The number of aromatic nitrogens is 1. The number of rotatable bonds is 5. The maximum Gasteiger partial charge on any atom is 0.254 e. The van der Waals surface area contributed by atoms with Gasteiger partial charge in [0.15, 0.2) is 30.4 Å². The zero-order valence-electron chi connectivity index (χ0n) is 21.6. The lowest BCUT2D eigenvalue weighted by Gasteiger charge is -2.42. The molecule has 39 heavy (non-hydrogen) atoms. The molecular formula is C31H27BrF2N2O3. The molecule has 4 aromatic rings. The zero-order chi connectivity index (χ0) is 26.4. The third-order valence-electron chi connectivity index (χ3n) is 7.63. The molecule has 6 rings (SSSR count). The minimum atomic E-state index is -0.593. The molecule has 0 fully saturated rings. The van der Waals surface area contributed by atoms with E-state index in [9.17, 15) is 13.6 Å². The van der Waals surface area contributed by atoms with E-state index in [2.05, 4.69) is 12.1 Å². The van der Waals surface area contributed by atoms with E-state index in [1.165, 1.54) is 23.8 Å². The van der Waals surface area contributed by atoms with Crippen molar-refractivity contribution in [1.82, 2.24) is 4.90 Å². The Labute approximate surface area is 236 Å². The standard InChI is InChI=1S/C31H27F2N2O3.BrH/c1-37-27-17-21-12-15-35(26-16-20-6-3-4-7-22(20)29(28(21)26)30(27)38-2)31(36)19-10-13-34(14-11-19)18-23-24(32)8-5-9-25(23)33;/h3-11,13-14,17,26H,12,15-16,18H2,1-2H3;1H/q+1;/p-1. The molecule has 2 aliphatic rings. The molecule has 0 saturated heterocycles. The van der Waals surface area contributed by atoms with Crippen LogP contribution in [0.25, 0.3) is 11.1 Å². The summed E-state index contributed by atoms with van der Waals surface area (Å²) in [5.74, 6) is 0.106. The first kappa shape index (κ1) is 26.8. The van der Waals surface area contributed by atoms with Crippen LogP contribution in [0.5, 0.6) is 11.5 Å². The third-order valence-corrected chi connectivity index (χ3v) is 7.63. The average molecular weight is 593 g/mol. The Bertz CT molecular complexity index is 1540. The number of carbonyl (C=O) groups is 1. The number of fused-ring (bicyclic) bond motifs is 2. The molecule has 1 amide bonds. The van der Waals surface area contributed by atoms with Gasteiger partial charge < -0.3 is 31.4 Å². The van der Waals surface area contributed by atoms with Gasteiger partial charge in [-0.3, -0.25) is 4.79 Å². The number of halogens is 3. The molecule has 2 heterocycles. The molecule has 3 aromatic carbocycles. The molecule has 1 aliphatic carbocycles. The number of methoxy groups -OCH3 is 2. The molecule has 0 saturated carbocycles. The summed E-state index contributed by atoms with van der Waals surface area (Å²) in [7, 11) is 3.29. The van der Waals surface area contributed by atoms with Crippen molar-refractivity contribution >= 4 is 5.91 Å². The van der Waals surface area contributed by atoms with Crippen molar-refractivity contribution in [2.75, 3.05) is 20.8 Å². The van der Waals surface area contributed by atoms with E-state index in [0.29, 0.717) is 36.4 Å². The summed E-state index contributed by atoms with van der Waals surface area (Å²) in [5.41, 5.74) is 6.04. The van der Waals surface area contributed by atoms with Crippen molar-refractivity contribution < 1.29 is 44.6 Å². The maximum absolute atomic E-state index is 14.1. The molecule has 1 unspecified atom stereocenters. The highest BCUT2D eigenvalue weighted by Crippen LogP contribution is 2.52. The maximum atomic E-state index is 14.1. The number of nitrogens with zero attached hydrogens (tertiary/aromatic N) is 2. The Morgan fingerprint density at radius 1 is 0.974 bits per heavy atom. The predicted molar refractivity (Wildman–Crippen MR) is 138 cm³/mol. The van der Waals surface area contributed by atoms with Crippen LogP contribution in [0.15, 0.2) is 73.1 Å². The summed E-state index contributed by atoms with van der Waals surface area (Å²) in [4.78, 5) is 15.8. The Morgan fingerprint density at radius 3 is 2.38 bits per heavy atom. The van der Waals surface area contributed by atoms with Crippen molar-refractivity contribution in [2.45, 2.75) is 25.4 Å². The van der Waals surface area contributed by atoms with E-state index < -0.39 is 11.6 Å².